The number of hydrogen-bond acceptors (Lipinski definition) is 4. The third-order valence-corrected chi connectivity index (χ3v) is 1.88. The summed E-state index contributed by atoms with van der Waals surface area (Å²) in [6, 6.07) is 5.56. The van der Waals surface area contributed by atoms with Crippen molar-refractivity contribution in [3.05, 3.63) is 41.5 Å². The first-order valence-electron chi connectivity index (χ1n) is 4.02. The van der Waals surface area contributed by atoms with Crippen LogP contribution in [0.15, 0.2) is 24.3 Å². The molecule has 1 aromatic carbocycles. The van der Waals surface area contributed by atoms with Gasteiger partial charge in [-0.25, -0.2) is 4.39 Å². The summed E-state index contributed by atoms with van der Waals surface area (Å²) in [4.78, 5) is 0. The summed E-state index contributed by atoms with van der Waals surface area (Å²) in [5.74, 6) is -0.0973. The Morgan fingerprint density at radius 2 is 2.14 bits per heavy atom. The van der Waals surface area contributed by atoms with Gasteiger partial charge < -0.3 is 5.73 Å². The van der Waals surface area contributed by atoms with Gasteiger partial charge in [0, 0.05) is 5.56 Å². The minimum absolute atomic E-state index is 0.273. The van der Waals surface area contributed by atoms with Crippen LogP contribution in [0.3, 0.4) is 0 Å². The third kappa shape index (κ3) is 1.47. The molecule has 2 aromatic rings. The summed E-state index contributed by atoms with van der Waals surface area (Å²) >= 11 is 0. The molecule has 0 aliphatic heterocycles. The molecule has 6 heteroatoms. The van der Waals surface area contributed by atoms with Gasteiger partial charge in [0.1, 0.15) is 5.82 Å². The number of hydrogen-bond donors (Lipinski definition) is 2. The van der Waals surface area contributed by atoms with E-state index in [0.29, 0.717) is 5.56 Å². The van der Waals surface area contributed by atoms with Crippen LogP contribution in [0, 0.1) is 5.82 Å². The van der Waals surface area contributed by atoms with Crippen molar-refractivity contribution in [2.45, 2.75) is 6.04 Å². The van der Waals surface area contributed by atoms with Crippen molar-refractivity contribution in [3.63, 3.8) is 0 Å². The van der Waals surface area contributed by atoms with Gasteiger partial charge in [0.05, 0.1) is 6.04 Å². The highest BCUT2D eigenvalue weighted by molar-refractivity contribution is 5.24. The van der Waals surface area contributed by atoms with E-state index in [1.807, 2.05) is 0 Å². The smallest absolute Gasteiger partial charge is 0.195 e. The number of rotatable bonds is 2. The van der Waals surface area contributed by atoms with Crippen LogP contribution in [-0.4, -0.2) is 20.6 Å². The predicted molar refractivity (Wildman–Crippen MR) is 46.6 cm³/mol. The second kappa shape index (κ2) is 3.51. The zero-order valence-corrected chi connectivity index (χ0v) is 7.18. The molecule has 0 fully saturated rings. The van der Waals surface area contributed by atoms with E-state index in [0.717, 1.165) is 0 Å². The van der Waals surface area contributed by atoms with E-state index in [2.05, 4.69) is 20.6 Å². The molecule has 3 N–H and O–H groups in total. The lowest BCUT2D eigenvalue weighted by molar-refractivity contribution is 0.594. The number of nitrogens with two attached hydrogens (primary N) is 1. The lowest BCUT2D eigenvalue weighted by Gasteiger charge is -2.07. The fourth-order valence-corrected chi connectivity index (χ4v) is 1.17. The molecule has 1 unspecified atom stereocenters. The number of benzene rings is 1. The van der Waals surface area contributed by atoms with Gasteiger partial charge in [-0.2, -0.15) is 5.21 Å². The fraction of sp³-hybridized carbons (Fsp3) is 0.125. The molecule has 0 aliphatic rings. The van der Waals surface area contributed by atoms with Gasteiger partial charge in [0.2, 0.25) is 0 Å². The Bertz CT molecular complexity index is 413. The van der Waals surface area contributed by atoms with E-state index < -0.39 is 6.04 Å². The minimum atomic E-state index is -0.685. The van der Waals surface area contributed by atoms with Gasteiger partial charge in [-0.1, -0.05) is 23.4 Å². The van der Waals surface area contributed by atoms with Crippen LogP contribution >= 0.6 is 0 Å². The summed E-state index contributed by atoms with van der Waals surface area (Å²) < 4.78 is 13.3. The van der Waals surface area contributed by atoms with E-state index >= 15 is 0 Å². The molecule has 0 amide bonds. The van der Waals surface area contributed by atoms with Gasteiger partial charge in [-0.15, -0.1) is 10.2 Å². The largest absolute Gasteiger partial charge is 0.317 e. The highest BCUT2D eigenvalue weighted by Gasteiger charge is 2.16. The van der Waals surface area contributed by atoms with Crippen molar-refractivity contribution in [2.75, 3.05) is 0 Å². The molecule has 14 heavy (non-hydrogen) atoms. The molecular weight excluding hydrogens is 185 g/mol. The Morgan fingerprint density at radius 3 is 2.79 bits per heavy atom. The van der Waals surface area contributed by atoms with Crippen LogP contribution in [0.4, 0.5) is 4.39 Å². The zero-order chi connectivity index (χ0) is 9.97. The third-order valence-electron chi connectivity index (χ3n) is 1.88. The van der Waals surface area contributed by atoms with Crippen molar-refractivity contribution in [1.29, 1.82) is 0 Å². The van der Waals surface area contributed by atoms with Gasteiger partial charge in [-0.3, -0.25) is 0 Å². The predicted octanol–water partition coefficient (Wildman–Crippen LogP) is 0.387. The van der Waals surface area contributed by atoms with E-state index in [1.165, 1.54) is 6.07 Å². The zero-order valence-electron chi connectivity index (χ0n) is 7.18. The molecule has 0 aliphatic carbocycles. The number of H-pyrrole nitrogens is 1. The van der Waals surface area contributed by atoms with Crippen molar-refractivity contribution >= 4 is 0 Å². The maximum atomic E-state index is 13.3. The molecule has 5 nitrogen and oxygen atoms in total. The maximum Gasteiger partial charge on any atom is 0.195 e. The van der Waals surface area contributed by atoms with E-state index in [-0.39, 0.29) is 11.6 Å². The van der Waals surface area contributed by atoms with E-state index in [1.54, 1.807) is 18.2 Å². The summed E-state index contributed by atoms with van der Waals surface area (Å²) in [6.45, 7) is 0. The Labute approximate surface area is 79.1 Å². The molecular formula is C8H8FN5. The number of halogens is 1. The molecule has 72 valence electrons. The minimum Gasteiger partial charge on any atom is -0.317 e. The molecule has 2 rings (SSSR count). The molecule has 0 spiro atoms. The van der Waals surface area contributed by atoms with Gasteiger partial charge >= 0.3 is 0 Å². The molecule has 0 radical (unpaired) electrons. The number of aromatic amines is 1. The molecule has 0 bridgehead atoms. The standard InChI is InChI=1S/C8H8FN5/c9-6-4-2-1-3-5(6)7(10)8-11-13-14-12-8/h1-4,7H,10H2,(H,11,12,13,14). The molecule has 0 saturated carbocycles. The fourth-order valence-electron chi connectivity index (χ4n) is 1.17. The van der Waals surface area contributed by atoms with Crippen molar-refractivity contribution < 1.29 is 4.39 Å². The average Bonchev–Trinajstić information content (AvgIpc) is 2.70. The topological polar surface area (TPSA) is 80.5 Å². The lowest BCUT2D eigenvalue weighted by atomic mass is 10.1. The summed E-state index contributed by atoms with van der Waals surface area (Å²) in [6.07, 6.45) is 0. The Morgan fingerprint density at radius 1 is 1.36 bits per heavy atom. The van der Waals surface area contributed by atoms with Crippen LogP contribution in [0.2, 0.25) is 0 Å². The number of aromatic nitrogens is 4. The maximum absolute atomic E-state index is 13.3. The van der Waals surface area contributed by atoms with Crippen LogP contribution < -0.4 is 5.73 Å². The molecule has 1 atom stereocenters. The monoisotopic (exact) mass is 193 g/mol. The Kier molecular flexibility index (Phi) is 2.19. The van der Waals surface area contributed by atoms with Crippen LogP contribution in [0.5, 0.6) is 0 Å². The first-order chi connectivity index (χ1) is 6.79. The van der Waals surface area contributed by atoms with Crippen LogP contribution in [0.1, 0.15) is 17.4 Å². The van der Waals surface area contributed by atoms with Crippen LogP contribution in [0.25, 0.3) is 0 Å². The summed E-state index contributed by atoms with van der Waals surface area (Å²) in [7, 11) is 0. The normalized spacial score (nSPS) is 12.7. The first kappa shape index (κ1) is 8.76. The van der Waals surface area contributed by atoms with E-state index in [4.69, 9.17) is 5.73 Å². The average molecular weight is 193 g/mol. The number of nitrogens with zero attached hydrogens (tertiary/aromatic N) is 3. The van der Waals surface area contributed by atoms with Crippen LogP contribution in [-0.2, 0) is 0 Å². The van der Waals surface area contributed by atoms with Gasteiger partial charge in [0.15, 0.2) is 5.82 Å². The summed E-state index contributed by atoms with van der Waals surface area (Å²) in [5.41, 5.74) is 6.09. The lowest BCUT2D eigenvalue weighted by Crippen LogP contribution is -2.15. The van der Waals surface area contributed by atoms with E-state index in [9.17, 15) is 4.39 Å². The SMILES string of the molecule is NC(c1nn[nH]n1)c1ccccc1F. The molecule has 1 heterocycles. The second-order valence-electron chi connectivity index (χ2n) is 2.77. The highest BCUT2D eigenvalue weighted by atomic mass is 19.1. The van der Waals surface area contributed by atoms with Crippen molar-refractivity contribution in [1.82, 2.24) is 20.6 Å². The van der Waals surface area contributed by atoms with Crippen molar-refractivity contribution in [2.24, 2.45) is 5.73 Å². The van der Waals surface area contributed by atoms with Crippen molar-refractivity contribution in [3.8, 4) is 0 Å². The van der Waals surface area contributed by atoms with Gasteiger partial charge in [-0.05, 0) is 6.07 Å². The summed E-state index contributed by atoms with van der Waals surface area (Å²) in [5, 5.41) is 13.0. The molecule has 1 aromatic heterocycles. The number of nitrogens with one attached hydrogen (secondary N) is 1. The highest BCUT2D eigenvalue weighted by Crippen LogP contribution is 2.17. The Hall–Kier alpha value is -1.82. The quantitative estimate of drug-likeness (QED) is 0.722. The molecule has 0 saturated heterocycles. The Balaban J connectivity index is 2.37. The van der Waals surface area contributed by atoms with Gasteiger partial charge in [0.25, 0.3) is 0 Å². The second-order valence-corrected chi connectivity index (χ2v) is 2.77. The first-order valence-corrected chi connectivity index (χ1v) is 4.02. The number of tetrazole rings is 1.